The number of hydrogen-bond acceptors (Lipinski definition) is 8. The molecule has 45 heavy (non-hydrogen) atoms. The number of carbonyl (C=O) groups is 5. The molecule has 4 rings (SSSR count). The van der Waals surface area contributed by atoms with E-state index < -0.39 is 59.6 Å². The van der Waals surface area contributed by atoms with Gasteiger partial charge in [-0.25, -0.2) is 14.4 Å². The number of ether oxygens (including phenoxy) is 3. The van der Waals surface area contributed by atoms with Crippen LogP contribution in [-0.4, -0.2) is 76.0 Å². The second-order valence-electron chi connectivity index (χ2n) is 12.8. The maximum Gasteiger partial charge on any atom is 0.408 e. The lowest BCUT2D eigenvalue weighted by atomic mass is 10.0. The van der Waals surface area contributed by atoms with Gasteiger partial charge >= 0.3 is 18.0 Å². The fraction of sp³-hybridized carbons (Fsp3) is 0.500. The van der Waals surface area contributed by atoms with Crippen LogP contribution in [0.25, 0.3) is 0 Å². The number of alkyl carbamates (subject to hydrolysis) is 1. The number of rotatable bonds is 11. The monoisotopic (exact) mass is 621 g/mol. The number of benzene rings is 2. The highest BCUT2D eigenvalue weighted by atomic mass is 16.6. The molecule has 4 atom stereocenters. The van der Waals surface area contributed by atoms with Gasteiger partial charge in [-0.05, 0) is 57.1 Å². The summed E-state index contributed by atoms with van der Waals surface area (Å²) in [5, 5.41) is 2.68. The molecule has 0 aromatic heterocycles. The lowest BCUT2D eigenvalue weighted by Crippen LogP contribution is -2.53. The summed E-state index contributed by atoms with van der Waals surface area (Å²) in [6, 6.07) is 14.0. The average Bonchev–Trinajstić information content (AvgIpc) is 3.55. The Hall–Kier alpha value is -4.41. The maximum absolute atomic E-state index is 14.0. The van der Waals surface area contributed by atoms with Crippen molar-refractivity contribution in [3.63, 3.8) is 0 Å². The summed E-state index contributed by atoms with van der Waals surface area (Å²) in [5.74, 6) is -2.35. The van der Waals surface area contributed by atoms with Crippen LogP contribution in [0.5, 0.6) is 0 Å². The van der Waals surface area contributed by atoms with Gasteiger partial charge in [0.15, 0.2) is 12.1 Å². The van der Waals surface area contributed by atoms with Gasteiger partial charge in [0, 0.05) is 6.54 Å². The Morgan fingerprint density at radius 2 is 1.36 bits per heavy atom. The molecule has 3 amide bonds. The number of carbonyl (C=O) groups excluding carboxylic acids is 5. The third kappa shape index (κ3) is 9.06. The van der Waals surface area contributed by atoms with Crippen molar-refractivity contribution in [1.82, 2.24) is 15.1 Å². The molecule has 1 N–H and O–H groups in total. The minimum atomic E-state index is -1.17. The fourth-order valence-electron chi connectivity index (χ4n) is 5.42. The Balaban J connectivity index is 1.49. The summed E-state index contributed by atoms with van der Waals surface area (Å²) < 4.78 is 16.4. The first kappa shape index (κ1) is 33.5. The molecule has 2 saturated heterocycles. The first-order valence-electron chi connectivity index (χ1n) is 15.4. The second-order valence-corrected chi connectivity index (χ2v) is 12.8. The topological polar surface area (TPSA) is 131 Å². The smallest absolute Gasteiger partial charge is 0.408 e. The number of hydrogen-bond donors (Lipinski definition) is 1. The highest BCUT2D eigenvalue weighted by molar-refractivity contribution is 6.03. The first-order chi connectivity index (χ1) is 21.4. The van der Waals surface area contributed by atoms with Crippen LogP contribution in [0.3, 0.4) is 0 Å². The van der Waals surface area contributed by atoms with Gasteiger partial charge in [0.1, 0.15) is 30.9 Å². The van der Waals surface area contributed by atoms with E-state index in [1.54, 1.807) is 45.0 Å². The van der Waals surface area contributed by atoms with Crippen molar-refractivity contribution in [1.29, 1.82) is 0 Å². The Morgan fingerprint density at radius 1 is 0.844 bits per heavy atom. The lowest BCUT2D eigenvalue weighted by Gasteiger charge is -2.30. The van der Waals surface area contributed by atoms with Crippen LogP contribution in [0.1, 0.15) is 65.0 Å². The van der Waals surface area contributed by atoms with Crippen molar-refractivity contribution in [3.05, 3.63) is 71.8 Å². The van der Waals surface area contributed by atoms with Gasteiger partial charge < -0.3 is 29.3 Å². The van der Waals surface area contributed by atoms with Crippen molar-refractivity contribution < 1.29 is 38.2 Å². The van der Waals surface area contributed by atoms with Gasteiger partial charge in [-0.15, -0.1) is 0 Å². The van der Waals surface area contributed by atoms with E-state index in [0.717, 1.165) is 16.0 Å². The number of nitrogens with one attached hydrogen (secondary N) is 1. The van der Waals surface area contributed by atoms with Crippen molar-refractivity contribution in [3.8, 4) is 0 Å². The zero-order valence-electron chi connectivity index (χ0n) is 26.6. The van der Waals surface area contributed by atoms with E-state index >= 15 is 0 Å². The minimum Gasteiger partial charge on any atom is -0.459 e. The van der Waals surface area contributed by atoms with Crippen molar-refractivity contribution in [2.75, 3.05) is 6.54 Å². The molecule has 11 heteroatoms. The molecule has 0 saturated carbocycles. The standard InChI is InChI=1S/C34H43N3O8/c1-22(2)19-25(35-33(42)45-34(3,4)5)29(38)36-18-12-17-26(36)30(39)37-27(31(40)43-20-23-13-8-6-9-14-23)28(37)32(41)44-21-24-15-10-7-11-16-24/h6-11,13-16,22,25-28H,12,17-21H2,1-5H3,(H,35,42)/t25-,26+,27-,28-/m1/s1. The van der Waals surface area contributed by atoms with Crippen LogP contribution < -0.4 is 5.32 Å². The van der Waals surface area contributed by atoms with Crippen LogP contribution in [0.4, 0.5) is 4.79 Å². The van der Waals surface area contributed by atoms with Crippen LogP contribution in [0.15, 0.2) is 60.7 Å². The van der Waals surface area contributed by atoms with E-state index in [9.17, 15) is 24.0 Å². The SMILES string of the molecule is CC(C)C[C@@H](NC(=O)OC(C)(C)C)C(=O)N1CCC[C@H]1C(=O)N1[C@@H](C(=O)OCc2ccccc2)[C@@H]1C(=O)OCc1ccccc1. The zero-order chi connectivity index (χ0) is 32.7. The van der Waals surface area contributed by atoms with Gasteiger partial charge in [0.2, 0.25) is 11.8 Å². The Kier molecular flexibility index (Phi) is 10.8. The fourth-order valence-corrected chi connectivity index (χ4v) is 5.42. The molecule has 2 heterocycles. The lowest BCUT2D eigenvalue weighted by molar-refractivity contribution is -0.148. The zero-order valence-corrected chi connectivity index (χ0v) is 26.6. The molecule has 11 nitrogen and oxygen atoms in total. The normalized spacial score (nSPS) is 19.9. The van der Waals surface area contributed by atoms with Crippen molar-refractivity contribution >= 4 is 29.8 Å². The Labute approximate surface area is 264 Å². The Bertz CT molecular complexity index is 1300. The molecular formula is C34H43N3O8. The molecule has 0 bridgehead atoms. The maximum atomic E-state index is 14.0. The summed E-state index contributed by atoms with van der Waals surface area (Å²) in [6.07, 6.45) is 0.502. The van der Waals surface area contributed by atoms with E-state index in [2.05, 4.69) is 5.32 Å². The first-order valence-corrected chi connectivity index (χ1v) is 15.4. The minimum absolute atomic E-state index is 0.0226. The van der Waals surface area contributed by atoms with E-state index in [0.29, 0.717) is 25.8 Å². The van der Waals surface area contributed by atoms with Gasteiger partial charge in [-0.2, -0.15) is 0 Å². The molecule has 2 aromatic carbocycles. The quantitative estimate of drug-likeness (QED) is 0.227. The molecular weight excluding hydrogens is 578 g/mol. The van der Waals surface area contributed by atoms with E-state index in [1.165, 1.54) is 4.90 Å². The average molecular weight is 622 g/mol. The highest BCUT2D eigenvalue weighted by Crippen LogP contribution is 2.35. The molecule has 242 valence electrons. The molecule has 2 aliphatic rings. The summed E-state index contributed by atoms with van der Waals surface area (Å²) in [4.78, 5) is 69.4. The molecule has 0 spiro atoms. The summed E-state index contributed by atoms with van der Waals surface area (Å²) in [6.45, 7) is 9.29. The van der Waals surface area contributed by atoms with Gasteiger partial charge in [0.25, 0.3) is 0 Å². The van der Waals surface area contributed by atoms with E-state index in [1.807, 2.05) is 50.2 Å². The summed E-state index contributed by atoms with van der Waals surface area (Å²) in [5.41, 5.74) is 0.762. The number of amides is 3. The predicted octanol–water partition coefficient (Wildman–Crippen LogP) is 3.98. The largest absolute Gasteiger partial charge is 0.459 e. The Morgan fingerprint density at radius 3 is 1.82 bits per heavy atom. The van der Waals surface area contributed by atoms with Crippen LogP contribution in [0.2, 0.25) is 0 Å². The van der Waals surface area contributed by atoms with Crippen molar-refractivity contribution in [2.45, 2.75) is 96.9 Å². The molecule has 0 unspecified atom stereocenters. The predicted molar refractivity (Wildman–Crippen MR) is 164 cm³/mol. The molecule has 0 radical (unpaired) electrons. The van der Waals surface area contributed by atoms with Crippen LogP contribution >= 0.6 is 0 Å². The van der Waals surface area contributed by atoms with Crippen LogP contribution in [0, 0.1) is 5.92 Å². The third-order valence-corrected chi connectivity index (χ3v) is 7.51. The summed E-state index contributed by atoms with van der Waals surface area (Å²) >= 11 is 0. The van der Waals surface area contributed by atoms with Gasteiger partial charge in [-0.3, -0.25) is 9.59 Å². The second kappa shape index (κ2) is 14.6. The number of nitrogens with zero attached hydrogens (tertiary/aromatic N) is 2. The molecule has 2 aliphatic heterocycles. The number of likely N-dealkylation sites (tertiary alicyclic amines) is 1. The highest BCUT2D eigenvalue weighted by Gasteiger charge is 2.63. The van der Waals surface area contributed by atoms with Gasteiger partial charge in [-0.1, -0.05) is 74.5 Å². The van der Waals surface area contributed by atoms with E-state index in [-0.39, 0.29) is 19.1 Å². The van der Waals surface area contributed by atoms with E-state index in [4.69, 9.17) is 14.2 Å². The third-order valence-electron chi connectivity index (χ3n) is 7.51. The van der Waals surface area contributed by atoms with Gasteiger partial charge in [0.05, 0.1) is 0 Å². The molecule has 0 aliphatic carbocycles. The molecule has 2 aromatic rings. The molecule has 2 fully saturated rings. The van der Waals surface area contributed by atoms with Crippen LogP contribution in [-0.2, 0) is 46.6 Å². The number of esters is 2. The summed E-state index contributed by atoms with van der Waals surface area (Å²) in [7, 11) is 0. The van der Waals surface area contributed by atoms with Crippen molar-refractivity contribution in [2.24, 2.45) is 5.92 Å².